The minimum absolute atomic E-state index is 0.0826. The second-order valence-corrected chi connectivity index (χ2v) is 6.97. The number of thioether (sulfide) groups is 1. The van der Waals surface area contributed by atoms with Gasteiger partial charge in [-0.25, -0.2) is 9.37 Å². The predicted molar refractivity (Wildman–Crippen MR) is 101 cm³/mol. The number of aromatic nitrogens is 1. The fraction of sp³-hybridized carbons (Fsp3) is 0.158. The van der Waals surface area contributed by atoms with Gasteiger partial charge in [0.05, 0.1) is 11.4 Å². The number of rotatable bonds is 7. The summed E-state index contributed by atoms with van der Waals surface area (Å²) in [6.07, 6.45) is 1.59. The van der Waals surface area contributed by atoms with E-state index >= 15 is 0 Å². The number of nitrogens with zero attached hydrogens (tertiary/aromatic N) is 1. The standard InChI is InChI=1S/C19H16ClFN2O2S/c20-15-5-3-14(4-6-15)19-23-17(10-25-19)11-26-12-18(24)22-9-13-1-7-16(21)8-2-13/h1-8,10H,9,11-12H2,(H,22,24). The second kappa shape index (κ2) is 8.87. The van der Waals surface area contributed by atoms with Gasteiger partial charge in [0, 0.05) is 22.9 Å². The van der Waals surface area contributed by atoms with Gasteiger partial charge in [0.25, 0.3) is 0 Å². The average Bonchev–Trinajstić information content (AvgIpc) is 3.11. The normalized spacial score (nSPS) is 10.7. The molecule has 0 aliphatic heterocycles. The first kappa shape index (κ1) is 18.5. The predicted octanol–water partition coefficient (Wildman–Crippen LogP) is 4.68. The van der Waals surface area contributed by atoms with Crippen LogP contribution in [-0.4, -0.2) is 16.6 Å². The summed E-state index contributed by atoms with van der Waals surface area (Å²) in [5.74, 6) is 1.03. The maximum absolute atomic E-state index is 12.8. The lowest BCUT2D eigenvalue weighted by atomic mass is 10.2. The maximum atomic E-state index is 12.8. The minimum Gasteiger partial charge on any atom is -0.444 e. The molecule has 1 heterocycles. The number of benzene rings is 2. The molecule has 1 aromatic heterocycles. The van der Waals surface area contributed by atoms with Crippen molar-refractivity contribution in [2.24, 2.45) is 0 Å². The quantitative estimate of drug-likeness (QED) is 0.636. The molecule has 0 saturated carbocycles. The Hall–Kier alpha value is -2.31. The molecule has 0 aliphatic carbocycles. The summed E-state index contributed by atoms with van der Waals surface area (Å²) < 4.78 is 18.3. The van der Waals surface area contributed by atoms with Crippen LogP contribution in [-0.2, 0) is 17.1 Å². The number of amides is 1. The van der Waals surface area contributed by atoms with Crippen LogP contribution in [0.15, 0.2) is 59.2 Å². The molecule has 0 unspecified atom stereocenters. The van der Waals surface area contributed by atoms with Gasteiger partial charge < -0.3 is 9.73 Å². The molecule has 0 radical (unpaired) electrons. The van der Waals surface area contributed by atoms with E-state index in [1.165, 1.54) is 23.9 Å². The third kappa shape index (κ3) is 5.34. The van der Waals surface area contributed by atoms with Gasteiger partial charge in [-0.3, -0.25) is 4.79 Å². The molecular weight excluding hydrogens is 375 g/mol. The molecule has 3 rings (SSSR count). The van der Waals surface area contributed by atoms with E-state index in [0.29, 0.717) is 29.0 Å². The number of hydrogen-bond acceptors (Lipinski definition) is 4. The fourth-order valence-electron chi connectivity index (χ4n) is 2.20. The summed E-state index contributed by atoms with van der Waals surface area (Å²) in [4.78, 5) is 16.3. The molecule has 1 amide bonds. The number of carbonyl (C=O) groups excluding carboxylic acids is 1. The van der Waals surface area contributed by atoms with E-state index in [9.17, 15) is 9.18 Å². The van der Waals surface area contributed by atoms with Gasteiger partial charge in [0.2, 0.25) is 11.8 Å². The summed E-state index contributed by atoms with van der Waals surface area (Å²) in [5.41, 5.74) is 2.47. The van der Waals surface area contributed by atoms with Crippen LogP contribution in [0, 0.1) is 5.82 Å². The van der Waals surface area contributed by atoms with Gasteiger partial charge in [-0.1, -0.05) is 23.7 Å². The third-order valence-electron chi connectivity index (χ3n) is 3.53. The number of nitrogens with one attached hydrogen (secondary N) is 1. The van der Waals surface area contributed by atoms with Crippen LogP contribution >= 0.6 is 23.4 Å². The zero-order chi connectivity index (χ0) is 18.4. The van der Waals surface area contributed by atoms with Crippen molar-refractivity contribution in [3.63, 3.8) is 0 Å². The number of hydrogen-bond donors (Lipinski definition) is 1. The molecule has 3 aromatic rings. The molecule has 7 heteroatoms. The Morgan fingerprint density at radius 2 is 1.88 bits per heavy atom. The smallest absolute Gasteiger partial charge is 0.230 e. The lowest BCUT2D eigenvalue weighted by Crippen LogP contribution is -2.24. The summed E-state index contributed by atoms with van der Waals surface area (Å²) in [6.45, 7) is 0.379. The third-order valence-corrected chi connectivity index (χ3v) is 4.75. The zero-order valence-corrected chi connectivity index (χ0v) is 15.3. The van der Waals surface area contributed by atoms with Crippen LogP contribution in [0.25, 0.3) is 11.5 Å². The van der Waals surface area contributed by atoms with Gasteiger partial charge in [-0.2, -0.15) is 0 Å². The molecule has 0 bridgehead atoms. The van der Waals surface area contributed by atoms with Gasteiger partial charge >= 0.3 is 0 Å². The van der Waals surface area contributed by atoms with E-state index in [1.807, 2.05) is 12.1 Å². The van der Waals surface area contributed by atoms with Crippen LogP contribution in [0.3, 0.4) is 0 Å². The first-order valence-corrected chi connectivity index (χ1v) is 9.42. The zero-order valence-electron chi connectivity index (χ0n) is 13.7. The first-order chi connectivity index (χ1) is 12.6. The Balaban J connectivity index is 1.42. The second-order valence-electron chi connectivity index (χ2n) is 5.55. The molecular formula is C19H16ClFN2O2S. The minimum atomic E-state index is -0.291. The van der Waals surface area contributed by atoms with E-state index < -0.39 is 0 Å². The molecule has 2 aromatic carbocycles. The summed E-state index contributed by atoms with van der Waals surface area (Å²) >= 11 is 7.31. The maximum Gasteiger partial charge on any atom is 0.230 e. The molecule has 134 valence electrons. The average molecular weight is 391 g/mol. The Kier molecular flexibility index (Phi) is 6.30. The Morgan fingerprint density at radius 3 is 2.62 bits per heavy atom. The molecule has 0 atom stereocenters. The van der Waals surface area contributed by atoms with Crippen LogP contribution in [0.5, 0.6) is 0 Å². The van der Waals surface area contributed by atoms with Gasteiger partial charge in [-0.15, -0.1) is 11.8 Å². The van der Waals surface area contributed by atoms with Crippen molar-refractivity contribution in [3.05, 3.63) is 76.9 Å². The first-order valence-electron chi connectivity index (χ1n) is 7.89. The van der Waals surface area contributed by atoms with Gasteiger partial charge in [-0.05, 0) is 42.0 Å². The fourth-order valence-corrected chi connectivity index (χ4v) is 3.06. The van der Waals surface area contributed by atoms with E-state index in [0.717, 1.165) is 16.8 Å². The van der Waals surface area contributed by atoms with Crippen molar-refractivity contribution in [3.8, 4) is 11.5 Å². The summed E-state index contributed by atoms with van der Waals surface area (Å²) in [6, 6.07) is 13.3. The van der Waals surface area contributed by atoms with Crippen molar-refractivity contribution < 1.29 is 13.6 Å². The molecule has 4 nitrogen and oxygen atoms in total. The summed E-state index contributed by atoms with van der Waals surface area (Å²) in [7, 11) is 0. The van der Waals surface area contributed by atoms with Crippen molar-refractivity contribution in [2.75, 3.05) is 5.75 Å². The molecule has 0 aliphatic rings. The van der Waals surface area contributed by atoms with E-state index in [4.69, 9.17) is 16.0 Å². The highest BCUT2D eigenvalue weighted by Gasteiger charge is 2.08. The lowest BCUT2D eigenvalue weighted by Gasteiger charge is -2.04. The van der Waals surface area contributed by atoms with Crippen LogP contribution in [0.2, 0.25) is 5.02 Å². The Morgan fingerprint density at radius 1 is 1.15 bits per heavy atom. The number of oxazole rings is 1. The Bertz CT molecular complexity index is 866. The van der Waals surface area contributed by atoms with Gasteiger partial charge in [0.1, 0.15) is 12.1 Å². The molecule has 26 heavy (non-hydrogen) atoms. The molecule has 0 spiro atoms. The van der Waals surface area contributed by atoms with Crippen molar-refractivity contribution >= 4 is 29.3 Å². The van der Waals surface area contributed by atoms with Crippen molar-refractivity contribution in [1.29, 1.82) is 0 Å². The number of halogens is 2. The van der Waals surface area contributed by atoms with E-state index in [2.05, 4.69) is 10.3 Å². The van der Waals surface area contributed by atoms with Gasteiger partial charge in [0.15, 0.2) is 0 Å². The van der Waals surface area contributed by atoms with Crippen molar-refractivity contribution in [1.82, 2.24) is 10.3 Å². The summed E-state index contributed by atoms with van der Waals surface area (Å²) in [5, 5.41) is 3.46. The highest BCUT2D eigenvalue weighted by Crippen LogP contribution is 2.22. The van der Waals surface area contributed by atoms with Crippen LogP contribution < -0.4 is 5.32 Å². The Labute approximate surface area is 159 Å². The number of carbonyl (C=O) groups is 1. The monoisotopic (exact) mass is 390 g/mol. The lowest BCUT2D eigenvalue weighted by molar-refractivity contribution is -0.118. The molecule has 1 N–H and O–H groups in total. The van der Waals surface area contributed by atoms with Crippen LogP contribution in [0.4, 0.5) is 4.39 Å². The van der Waals surface area contributed by atoms with E-state index in [1.54, 1.807) is 30.5 Å². The largest absolute Gasteiger partial charge is 0.444 e. The topological polar surface area (TPSA) is 55.1 Å². The highest BCUT2D eigenvalue weighted by molar-refractivity contribution is 7.99. The van der Waals surface area contributed by atoms with Crippen LogP contribution in [0.1, 0.15) is 11.3 Å². The van der Waals surface area contributed by atoms with Crippen molar-refractivity contribution in [2.45, 2.75) is 12.3 Å². The SMILES string of the molecule is O=C(CSCc1coc(-c2ccc(Cl)cc2)n1)NCc1ccc(F)cc1. The van der Waals surface area contributed by atoms with E-state index in [-0.39, 0.29) is 11.7 Å². The molecule has 0 fully saturated rings. The molecule has 0 saturated heterocycles. The highest BCUT2D eigenvalue weighted by atomic mass is 35.5.